The van der Waals surface area contributed by atoms with Gasteiger partial charge in [-0.25, -0.2) is 13.2 Å². The minimum Gasteiger partial charge on any atom is -0.456 e. The Balaban J connectivity index is 1.77. The van der Waals surface area contributed by atoms with Crippen molar-refractivity contribution in [3.63, 3.8) is 0 Å². The van der Waals surface area contributed by atoms with Gasteiger partial charge in [0, 0.05) is 25.9 Å². The van der Waals surface area contributed by atoms with Crippen molar-refractivity contribution in [1.29, 1.82) is 0 Å². The van der Waals surface area contributed by atoms with Gasteiger partial charge in [-0.3, -0.25) is 0 Å². The first-order chi connectivity index (χ1) is 14.7. The van der Waals surface area contributed by atoms with Crippen LogP contribution in [0.3, 0.4) is 0 Å². The molecule has 0 saturated carbocycles. The fourth-order valence-electron chi connectivity index (χ4n) is 4.07. The highest BCUT2D eigenvalue weighted by atomic mass is 32.2. The molecule has 32 heavy (non-hydrogen) atoms. The maximum atomic E-state index is 15.1. The van der Waals surface area contributed by atoms with E-state index in [0.717, 1.165) is 4.31 Å². The number of esters is 1. The first kappa shape index (κ1) is 25.0. The minimum absolute atomic E-state index is 0.0898. The van der Waals surface area contributed by atoms with Crippen molar-refractivity contribution in [3.8, 4) is 0 Å². The van der Waals surface area contributed by atoms with Crippen molar-refractivity contribution in [2.45, 2.75) is 70.5 Å². The maximum absolute atomic E-state index is 15.1. The van der Waals surface area contributed by atoms with E-state index >= 15 is 8.78 Å². The van der Waals surface area contributed by atoms with Crippen LogP contribution < -0.4 is 0 Å². The molecular weight excluding hydrogens is 444 g/mol. The summed E-state index contributed by atoms with van der Waals surface area (Å²) in [5.74, 6) is -1.42. The lowest BCUT2D eigenvalue weighted by molar-refractivity contribution is -0.179. The van der Waals surface area contributed by atoms with Gasteiger partial charge in [0.05, 0.1) is 25.2 Å². The fourth-order valence-corrected chi connectivity index (χ4v) is 5.43. The predicted octanol–water partition coefficient (Wildman–Crippen LogP) is 3.56. The molecular formula is C22H31F2NO6S. The summed E-state index contributed by atoms with van der Waals surface area (Å²) in [5, 5.41) is -4.00. The van der Waals surface area contributed by atoms with Crippen LogP contribution in [0.15, 0.2) is 12.1 Å². The number of rotatable bonds is 5. The van der Waals surface area contributed by atoms with E-state index in [9.17, 15) is 13.2 Å². The maximum Gasteiger partial charge on any atom is 0.363 e. The SMILES string of the molecule is Cc1cc(C(=O)OC(C)(C)C)cc(C)c1CC(F)(F)S(=O)(=O)N1CCC2(CC1)OCCO2. The van der Waals surface area contributed by atoms with E-state index in [0.29, 0.717) is 24.3 Å². The summed E-state index contributed by atoms with van der Waals surface area (Å²) in [7, 11) is -4.89. The van der Waals surface area contributed by atoms with Gasteiger partial charge in [-0.05, 0) is 63.4 Å². The van der Waals surface area contributed by atoms with E-state index in [1.165, 1.54) is 12.1 Å². The van der Waals surface area contributed by atoms with Crippen LogP contribution in [-0.4, -0.2) is 61.6 Å². The molecule has 2 aliphatic rings. The second kappa shape index (κ2) is 8.62. The Kier molecular flexibility index (Phi) is 6.74. The Hall–Kier alpha value is -1.62. The van der Waals surface area contributed by atoms with Gasteiger partial charge in [0.2, 0.25) is 0 Å². The van der Waals surface area contributed by atoms with Gasteiger partial charge in [-0.15, -0.1) is 0 Å². The van der Waals surface area contributed by atoms with Crippen LogP contribution in [0.25, 0.3) is 0 Å². The predicted molar refractivity (Wildman–Crippen MR) is 114 cm³/mol. The molecule has 0 N–H and O–H groups in total. The largest absolute Gasteiger partial charge is 0.456 e. The van der Waals surface area contributed by atoms with Crippen molar-refractivity contribution in [3.05, 3.63) is 34.4 Å². The van der Waals surface area contributed by atoms with Crippen LogP contribution >= 0.6 is 0 Å². The fraction of sp³-hybridized carbons (Fsp3) is 0.682. The normalized spacial score (nSPS) is 20.0. The number of aryl methyl sites for hydroxylation is 2. The lowest BCUT2D eigenvalue weighted by Gasteiger charge is -2.38. The molecule has 7 nitrogen and oxygen atoms in total. The average Bonchev–Trinajstić information content (AvgIpc) is 3.11. The number of nitrogens with zero attached hydrogens (tertiary/aromatic N) is 1. The molecule has 0 amide bonds. The standard InChI is InChI=1S/C22H31F2NO6S/c1-15-12-17(19(26)31-20(3,4)5)13-16(2)18(15)14-22(23,24)32(27,28)25-8-6-21(7-9-25)29-10-11-30-21/h12-13H,6-11,14H2,1-5H3. The number of benzene rings is 1. The number of hydrogen-bond donors (Lipinski definition) is 0. The molecule has 2 aliphatic heterocycles. The molecule has 0 aromatic heterocycles. The number of carbonyl (C=O) groups excluding carboxylic acids is 1. The van der Waals surface area contributed by atoms with Gasteiger partial charge in [-0.2, -0.15) is 13.1 Å². The topological polar surface area (TPSA) is 82.1 Å². The second-order valence-corrected chi connectivity index (χ2v) is 11.5. The van der Waals surface area contributed by atoms with Crippen LogP contribution in [0.1, 0.15) is 60.7 Å². The number of hydrogen-bond acceptors (Lipinski definition) is 6. The molecule has 0 aliphatic carbocycles. The van der Waals surface area contributed by atoms with Gasteiger partial charge in [-0.1, -0.05) is 0 Å². The number of alkyl halides is 2. The number of halogens is 2. The van der Waals surface area contributed by atoms with E-state index in [-0.39, 0.29) is 37.1 Å². The van der Waals surface area contributed by atoms with E-state index in [1.807, 2.05) is 0 Å². The Labute approximate surface area is 188 Å². The lowest BCUT2D eigenvalue weighted by atomic mass is 9.97. The lowest BCUT2D eigenvalue weighted by Crippen LogP contribution is -2.52. The van der Waals surface area contributed by atoms with Crippen LogP contribution in [0, 0.1) is 13.8 Å². The highest BCUT2D eigenvalue weighted by Crippen LogP contribution is 2.37. The first-order valence-corrected chi connectivity index (χ1v) is 12.1. The number of piperidine rings is 1. The molecule has 2 fully saturated rings. The van der Waals surface area contributed by atoms with E-state index < -0.39 is 39.1 Å². The number of sulfonamides is 1. The molecule has 2 saturated heterocycles. The van der Waals surface area contributed by atoms with Crippen LogP contribution in [0.2, 0.25) is 0 Å². The molecule has 0 radical (unpaired) electrons. The molecule has 0 atom stereocenters. The Morgan fingerprint density at radius 3 is 2.06 bits per heavy atom. The van der Waals surface area contributed by atoms with Crippen molar-refractivity contribution in [2.75, 3.05) is 26.3 Å². The molecule has 0 bridgehead atoms. The monoisotopic (exact) mass is 475 g/mol. The van der Waals surface area contributed by atoms with Crippen molar-refractivity contribution >= 4 is 16.0 Å². The van der Waals surface area contributed by atoms with Gasteiger partial charge in [0.15, 0.2) is 5.79 Å². The molecule has 180 valence electrons. The summed E-state index contributed by atoms with van der Waals surface area (Å²) in [6.45, 7) is 9.02. The third kappa shape index (κ3) is 5.13. The molecule has 1 aromatic carbocycles. The summed E-state index contributed by atoms with van der Waals surface area (Å²) in [6, 6.07) is 2.91. The van der Waals surface area contributed by atoms with E-state index in [2.05, 4.69) is 0 Å². The smallest absolute Gasteiger partial charge is 0.363 e. The third-order valence-corrected chi connectivity index (χ3v) is 7.67. The summed E-state index contributed by atoms with van der Waals surface area (Å²) in [6.07, 6.45) is -0.549. The highest BCUT2D eigenvalue weighted by Gasteiger charge is 2.52. The van der Waals surface area contributed by atoms with Crippen molar-refractivity contribution in [1.82, 2.24) is 4.31 Å². The first-order valence-electron chi connectivity index (χ1n) is 10.6. The summed E-state index contributed by atoms with van der Waals surface area (Å²) < 4.78 is 73.0. The molecule has 1 spiro atoms. The minimum atomic E-state index is -4.89. The summed E-state index contributed by atoms with van der Waals surface area (Å²) in [5.41, 5.74) is 0.557. The van der Waals surface area contributed by atoms with E-state index in [4.69, 9.17) is 14.2 Å². The van der Waals surface area contributed by atoms with Gasteiger partial charge < -0.3 is 14.2 Å². The Morgan fingerprint density at radius 2 is 1.59 bits per heavy atom. The molecule has 1 aromatic rings. The molecule has 3 rings (SSSR count). The van der Waals surface area contributed by atoms with Crippen molar-refractivity contribution < 1.29 is 36.2 Å². The van der Waals surface area contributed by atoms with Gasteiger partial charge in [0.1, 0.15) is 5.60 Å². The highest BCUT2D eigenvalue weighted by molar-refractivity contribution is 7.90. The summed E-state index contributed by atoms with van der Waals surface area (Å²) in [4.78, 5) is 12.3. The van der Waals surface area contributed by atoms with Gasteiger partial charge in [0.25, 0.3) is 10.0 Å². The van der Waals surface area contributed by atoms with E-state index in [1.54, 1.807) is 34.6 Å². The number of ether oxygens (including phenoxy) is 3. The van der Waals surface area contributed by atoms with Crippen molar-refractivity contribution in [2.24, 2.45) is 0 Å². The molecule has 0 unspecified atom stereocenters. The average molecular weight is 476 g/mol. The van der Waals surface area contributed by atoms with Crippen LogP contribution in [0.5, 0.6) is 0 Å². The zero-order valence-corrected chi connectivity index (χ0v) is 20.0. The van der Waals surface area contributed by atoms with Gasteiger partial charge >= 0.3 is 11.2 Å². The Morgan fingerprint density at radius 1 is 1.09 bits per heavy atom. The zero-order valence-electron chi connectivity index (χ0n) is 19.2. The molecule has 10 heteroatoms. The summed E-state index contributed by atoms with van der Waals surface area (Å²) >= 11 is 0. The Bertz CT molecular complexity index is 948. The quantitative estimate of drug-likeness (QED) is 0.606. The zero-order chi connectivity index (χ0) is 23.9. The van der Waals surface area contributed by atoms with Crippen LogP contribution in [0.4, 0.5) is 8.78 Å². The molecule has 2 heterocycles. The van der Waals surface area contributed by atoms with Crippen LogP contribution in [-0.2, 0) is 30.7 Å². The number of carbonyl (C=O) groups is 1. The second-order valence-electron chi connectivity index (χ2n) is 9.42. The third-order valence-electron chi connectivity index (χ3n) is 5.73.